The van der Waals surface area contributed by atoms with Crippen molar-refractivity contribution >= 4 is 5.69 Å². The quantitative estimate of drug-likeness (QED) is 0.431. The molecule has 3 rings (SSSR count). The van der Waals surface area contributed by atoms with Crippen LogP contribution in [0.2, 0.25) is 0 Å². The van der Waals surface area contributed by atoms with Gasteiger partial charge in [-0.1, -0.05) is 95.6 Å². The molecule has 0 aliphatic heterocycles. The summed E-state index contributed by atoms with van der Waals surface area (Å²) < 4.78 is 5.05. The molecule has 0 aliphatic rings. The van der Waals surface area contributed by atoms with Gasteiger partial charge >= 0.3 is 0 Å². The van der Waals surface area contributed by atoms with Crippen LogP contribution in [0.4, 0.5) is 5.69 Å². The molecule has 0 fully saturated rings. The Bertz CT molecular complexity index is 795. The predicted octanol–water partition coefficient (Wildman–Crippen LogP) is 8.33. The van der Waals surface area contributed by atoms with Crippen molar-refractivity contribution in [1.82, 2.24) is 0 Å². The Morgan fingerprint density at radius 1 is 0.548 bits per heavy atom. The smallest absolute Gasteiger partial charge is 0.118 e. The van der Waals surface area contributed by atoms with Gasteiger partial charge < -0.3 is 10.5 Å². The summed E-state index contributed by atoms with van der Waals surface area (Å²) in [6, 6.07) is 24.9. The topological polar surface area (TPSA) is 35.2 Å². The van der Waals surface area contributed by atoms with E-state index in [1.54, 1.807) is 7.11 Å². The number of ether oxygens (including phenoxy) is 1. The van der Waals surface area contributed by atoms with E-state index in [2.05, 4.69) is 97.0 Å². The third kappa shape index (κ3) is 10.2. The van der Waals surface area contributed by atoms with Gasteiger partial charge in [-0.2, -0.15) is 0 Å². The lowest BCUT2D eigenvalue weighted by atomic mass is 10.0. The van der Waals surface area contributed by atoms with E-state index >= 15 is 0 Å². The van der Waals surface area contributed by atoms with Crippen LogP contribution < -0.4 is 10.5 Å². The number of rotatable bonds is 4. The summed E-state index contributed by atoms with van der Waals surface area (Å²) in [5.41, 5.74) is 11.8. The number of anilines is 1. The SMILES string of the molecule is CC(C)c1ccc(N)cc1.COc1ccc(C(C)C)cc1.Cc1ccc(C(C)C)cc1. The van der Waals surface area contributed by atoms with Gasteiger partial charge in [0, 0.05) is 5.69 Å². The van der Waals surface area contributed by atoms with Crippen LogP contribution >= 0.6 is 0 Å². The molecule has 3 aromatic carbocycles. The van der Waals surface area contributed by atoms with E-state index < -0.39 is 0 Å². The summed E-state index contributed by atoms with van der Waals surface area (Å²) in [5.74, 6) is 2.77. The molecule has 0 unspecified atom stereocenters. The normalized spacial score (nSPS) is 10.3. The van der Waals surface area contributed by atoms with Gasteiger partial charge in [0.05, 0.1) is 7.11 Å². The molecule has 0 saturated heterocycles. The Balaban J connectivity index is 0.000000233. The van der Waals surface area contributed by atoms with Crippen LogP contribution in [-0.4, -0.2) is 7.11 Å². The fraction of sp³-hybridized carbons (Fsp3) is 0.379. The van der Waals surface area contributed by atoms with E-state index in [1.165, 1.54) is 22.3 Å². The molecule has 0 saturated carbocycles. The standard InChI is InChI=1S/C10H14O.C10H14.C9H13N/c1-8(2)9-4-6-10(11-3)7-5-9;1-8(2)10-6-4-9(3)5-7-10;1-7(2)8-3-5-9(10)6-4-8/h4-8H,1-3H3;4-8H,1-3H3;3-7H,10H2,1-2H3. The van der Waals surface area contributed by atoms with Gasteiger partial charge in [0.1, 0.15) is 5.75 Å². The van der Waals surface area contributed by atoms with Gasteiger partial charge in [0.25, 0.3) is 0 Å². The Hall–Kier alpha value is -2.74. The van der Waals surface area contributed by atoms with Crippen molar-refractivity contribution in [3.05, 3.63) is 95.1 Å². The highest BCUT2D eigenvalue weighted by Crippen LogP contribution is 2.18. The molecule has 2 nitrogen and oxygen atoms in total. The zero-order chi connectivity index (χ0) is 23.4. The van der Waals surface area contributed by atoms with E-state index in [1.807, 2.05) is 24.3 Å². The maximum atomic E-state index is 5.53. The Labute approximate surface area is 190 Å². The van der Waals surface area contributed by atoms with Crippen LogP contribution in [0.15, 0.2) is 72.8 Å². The molecule has 0 aromatic heterocycles. The molecule has 0 amide bonds. The number of hydrogen-bond donors (Lipinski definition) is 1. The van der Waals surface area contributed by atoms with Gasteiger partial charge in [-0.3, -0.25) is 0 Å². The first-order chi connectivity index (χ1) is 14.6. The van der Waals surface area contributed by atoms with Crippen LogP contribution in [0.5, 0.6) is 5.75 Å². The van der Waals surface area contributed by atoms with Crippen LogP contribution in [0.3, 0.4) is 0 Å². The first-order valence-corrected chi connectivity index (χ1v) is 11.2. The monoisotopic (exact) mass is 419 g/mol. The average Bonchev–Trinajstić information content (AvgIpc) is 2.75. The Morgan fingerprint density at radius 2 is 0.871 bits per heavy atom. The maximum Gasteiger partial charge on any atom is 0.118 e. The van der Waals surface area contributed by atoms with Gasteiger partial charge in [-0.25, -0.2) is 0 Å². The summed E-state index contributed by atoms with van der Waals surface area (Å²) in [6.45, 7) is 15.3. The lowest BCUT2D eigenvalue weighted by Crippen LogP contribution is -1.88. The van der Waals surface area contributed by atoms with Crippen molar-refractivity contribution in [2.75, 3.05) is 12.8 Å². The van der Waals surface area contributed by atoms with Crippen LogP contribution in [0.1, 0.15) is 81.5 Å². The van der Waals surface area contributed by atoms with E-state index in [0.29, 0.717) is 17.8 Å². The van der Waals surface area contributed by atoms with E-state index in [-0.39, 0.29) is 0 Å². The minimum absolute atomic E-state index is 0.598. The molecular weight excluding hydrogens is 378 g/mol. The maximum absolute atomic E-state index is 5.53. The van der Waals surface area contributed by atoms with Crippen molar-refractivity contribution in [3.8, 4) is 5.75 Å². The molecular formula is C29H41NO. The molecule has 0 aliphatic carbocycles. The average molecular weight is 420 g/mol. The Kier molecular flexibility index (Phi) is 11.5. The number of hydrogen-bond acceptors (Lipinski definition) is 2. The molecule has 0 bridgehead atoms. The number of benzene rings is 3. The van der Waals surface area contributed by atoms with Crippen molar-refractivity contribution in [1.29, 1.82) is 0 Å². The third-order valence-electron chi connectivity index (χ3n) is 5.13. The summed E-state index contributed by atoms with van der Waals surface area (Å²) >= 11 is 0. The largest absolute Gasteiger partial charge is 0.497 e. The van der Waals surface area contributed by atoms with Gasteiger partial charge in [-0.05, 0) is 65.6 Å². The van der Waals surface area contributed by atoms with Crippen LogP contribution in [-0.2, 0) is 0 Å². The summed E-state index contributed by atoms with van der Waals surface area (Å²) in [5, 5.41) is 0. The second-order valence-electron chi connectivity index (χ2n) is 8.81. The van der Waals surface area contributed by atoms with Crippen molar-refractivity contribution in [3.63, 3.8) is 0 Å². The first kappa shape index (κ1) is 26.3. The number of methoxy groups -OCH3 is 1. The predicted molar refractivity (Wildman–Crippen MR) is 137 cm³/mol. The lowest BCUT2D eigenvalue weighted by molar-refractivity contribution is 0.414. The van der Waals surface area contributed by atoms with E-state index in [9.17, 15) is 0 Å². The van der Waals surface area contributed by atoms with Gasteiger partial charge in [0.15, 0.2) is 0 Å². The second kappa shape index (κ2) is 13.5. The minimum atomic E-state index is 0.598. The molecule has 168 valence electrons. The molecule has 31 heavy (non-hydrogen) atoms. The van der Waals surface area contributed by atoms with E-state index in [4.69, 9.17) is 10.5 Å². The van der Waals surface area contributed by atoms with Crippen LogP contribution in [0, 0.1) is 6.92 Å². The third-order valence-corrected chi connectivity index (χ3v) is 5.13. The number of nitrogen functional groups attached to an aromatic ring is 1. The fourth-order valence-electron chi connectivity index (χ4n) is 2.82. The van der Waals surface area contributed by atoms with Crippen molar-refractivity contribution in [2.45, 2.75) is 66.2 Å². The number of nitrogens with two attached hydrogens (primary N) is 1. The summed E-state index contributed by atoms with van der Waals surface area (Å²) in [4.78, 5) is 0. The Morgan fingerprint density at radius 3 is 1.19 bits per heavy atom. The summed E-state index contributed by atoms with van der Waals surface area (Å²) in [7, 11) is 1.68. The zero-order valence-corrected chi connectivity index (χ0v) is 20.6. The highest BCUT2D eigenvalue weighted by atomic mass is 16.5. The molecule has 2 heteroatoms. The number of aryl methyl sites for hydroxylation is 1. The van der Waals surface area contributed by atoms with Crippen molar-refractivity contribution in [2.24, 2.45) is 0 Å². The highest BCUT2D eigenvalue weighted by molar-refractivity contribution is 5.40. The van der Waals surface area contributed by atoms with Gasteiger partial charge in [0.2, 0.25) is 0 Å². The molecule has 2 N–H and O–H groups in total. The fourth-order valence-corrected chi connectivity index (χ4v) is 2.82. The van der Waals surface area contributed by atoms with Gasteiger partial charge in [-0.15, -0.1) is 0 Å². The second-order valence-corrected chi connectivity index (χ2v) is 8.81. The lowest BCUT2D eigenvalue weighted by Gasteiger charge is -2.05. The van der Waals surface area contributed by atoms with Crippen LogP contribution in [0.25, 0.3) is 0 Å². The zero-order valence-electron chi connectivity index (χ0n) is 20.6. The molecule has 0 heterocycles. The first-order valence-electron chi connectivity index (χ1n) is 11.2. The van der Waals surface area contributed by atoms with E-state index in [0.717, 1.165) is 11.4 Å². The molecule has 0 spiro atoms. The molecule has 3 aromatic rings. The molecule has 0 atom stereocenters. The summed E-state index contributed by atoms with van der Waals surface area (Å²) in [6.07, 6.45) is 0. The van der Waals surface area contributed by atoms with Crippen molar-refractivity contribution < 1.29 is 4.74 Å². The molecule has 0 radical (unpaired) electrons. The highest BCUT2D eigenvalue weighted by Gasteiger charge is 1.98. The minimum Gasteiger partial charge on any atom is -0.497 e.